The van der Waals surface area contributed by atoms with E-state index in [1.54, 1.807) is 54.7 Å². The minimum Gasteiger partial charge on any atom is -0.480 e. The van der Waals surface area contributed by atoms with Gasteiger partial charge in [0.25, 0.3) is 5.91 Å². The van der Waals surface area contributed by atoms with Gasteiger partial charge in [0.2, 0.25) is 0 Å². The van der Waals surface area contributed by atoms with E-state index in [-0.39, 0.29) is 34.2 Å². The van der Waals surface area contributed by atoms with Gasteiger partial charge in [-0.15, -0.1) is 0 Å². The average Bonchev–Trinajstić information content (AvgIpc) is 2.90. The number of Topliss-reactive ketones (excluding diaryl/α,β-unsaturated/α-hetero) is 1. The summed E-state index contributed by atoms with van der Waals surface area (Å²) in [6.07, 6.45) is 1.90. The highest BCUT2D eigenvalue weighted by Gasteiger charge is 2.24. The van der Waals surface area contributed by atoms with Gasteiger partial charge >= 0.3 is 5.97 Å². The Morgan fingerprint density at radius 1 is 0.842 bits per heavy atom. The molecule has 0 fully saturated rings. The van der Waals surface area contributed by atoms with Gasteiger partial charge in [-0.25, -0.2) is 9.78 Å². The fourth-order valence-electron chi connectivity index (χ4n) is 3.82. The number of benzene rings is 3. The highest BCUT2D eigenvalue weighted by atomic mass is 35.5. The standard InChI is InChI=1S/C29H23Cl2N3O4/c30-22-7-4-8-23(31)27(22)28(36)34-24(29(37)38)15-18-10-12-19(13-11-18)16-25(35)20-5-3-6-21(17-20)33-26-9-1-2-14-32-26/h1-14,17,24H,15-16H2,(H,32,33)(H,34,36)(H,37,38)/t24-/m0/s1. The first kappa shape index (κ1) is 26.9. The molecule has 38 heavy (non-hydrogen) atoms. The van der Waals surface area contributed by atoms with Gasteiger partial charge in [-0.05, 0) is 47.5 Å². The Balaban J connectivity index is 1.39. The number of carbonyl (C=O) groups excluding carboxylic acids is 2. The van der Waals surface area contributed by atoms with E-state index in [9.17, 15) is 19.5 Å². The van der Waals surface area contributed by atoms with E-state index in [1.807, 2.05) is 24.3 Å². The van der Waals surface area contributed by atoms with E-state index >= 15 is 0 Å². The Kier molecular flexibility index (Phi) is 8.73. The third-order valence-corrected chi connectivity index (χ3v) is 6.37. The number of pyridine rings is 1. The van der Waals surface area contributed by atoms with Crippen molar-refractivity contribution >= 4 is 52.4 Å². The molecule has 192 valence electrons. The number of rotatable bonds is 10. The zero-order valence-electron chi connectivity index (χ0n) is 20.0. The summed E-state index contributed by atoms with van der Waals surface area (Å²) in [5.41, 5.74) is 2.79. The number of nitrogens with zero attached hydrogens (tertiary/aromatic N) is 1. The Morgan fingerprint density at radius 3 is 2.18 bits per heavy atom. The summed E-state index contributed by atoms with van der Waals surface area (Å²) in [5, 5.41) is 15.6. The van der Waals surface area contributed by atoms with Crippen molar-refractivity contribution in [2.75, 3.05) is 5.32 Å². The normalized spacial score (nSPS) is 11.4. The number of aromatic nitrogens is 1. The molecule has 0 unspecified atom stereocenters. The van der Waals surface area contributed by atoms with Crippen molar-refractivity contribution in [2.24, 2.45) is 0 Å². The van der Waals surface area contributed by atoms with Crippen molar-refractivity contribution in [3.8, 4) is 0 Å². The summed E-state index contributed by atoms with van der Waals surface area (Å²) in [4.78, 5) is 41.6. The summed E-state index contributed by atoms with van der Waals surface area (Å²) in [6.45, 7) is 0. The monoisotopic (exact) mass is 547 g/mol. The molecule has 9 heteroatoms. The van der Waals surface area contributed by atoms with Crippen molar-refractivity contribution < 1.29 is 19.5 Å². The molecule has 0 saturated heterocycles. The van der Waals surface area contributed by atoms with Crippen LogP contribution in [-0.4, -0.2) is 33.8 Å². The number of anilines is 2. The second-order valence-corrected chi connectivity index (χ2v) is 9.32. The molecule has 1 aromatic heterocycles. The predicted molar refractivity (Wildman–Crippen MR) is 147 cm³/mol. The van der Waals surface area contributed by atoms with Crippen LogP contribution in [-0.2, 0) is 17.6 Å². The summed E-state index contributed by atoms with van der Waals surface area (Å²) in [6, 6.07) is 23.2. The third kappa shape index (κ3) is 6.97. The van der Waals surface area contributed by atoms with Crippen LogP contribution in [0.4, 0.5) is 11.5 Å². The Bertz CT molecular complexity index is 1440. The number of ketones is 1. The summed E-state index contributed by atoms with van der Waals surface area (Å²) < 4.78 is 0. The topological polar surface area (TPSA) is 108 Å². The fourth-order valence-corrected chi connectivity index (χ4v) is 4.39. The van der Waals surface area contributed by atoms with Crippen molar-refractivity contribution in [3.05, 3.63) is 123 Å². The van der Waals surface area contributed by atoms with Gasteiger partial charge in [-0.3, -0.25) is 9.59 Å². The van der Waals surface area contributed by atoms with E-state index < -0.39 is 17.9 Å². The minimum absolute atomic E-state index is 0.0234. The quantitative estimate of drug-likeness (QED) is 0.210. The van der Waals surface area contributed by atoms with Crippen LogP contribution in [0.15, 0.2) is 91.1 Å². The largest absolute Gasteiger partial charge is 0.480 e. The molecule has 0 spiro atoms. The SMILES string of the molecule is O=C(Cc1ccc(C[C@H](NC(=O)c2c(Cl)cccc2Cl)C(=O)O)cc1)c1cccc(Nc2ccccn2)c1. The summed E-state index contributed by atoms with van der Waals surface area (Å²) >= 11 is 12.1. The predicted octanol–water partition coefficient (Wildman–Crippen LogP) is 5.98. The zero-order chi connectivity index (χ0) is 27.1. The van der Waals surface area contributed by atoms with E-state index in [4.69, 9.17) is 23.2 Å². The first-order chi connectivity index (χ1) is 18.3. The van der Waals surface area contributed by atoms with Crippen molar-refractivity contribution in [3.63, 3.8) is 0 Å². The lowest BCUT2D eigenvalue weighted by molar-refractivity contribution is -0.139. The number of carboxylic acid groups (broad SMARTS) is 1. The molecular weight excluding hydrogens is 525 g/mol. The molecule has 4 rings (SSSR count). The lowest BCUT2D eigenvalue weighted by Gasteiger charge is -2.16. The molecule has 1 heterocycles. The highest BCUT2D eigenvalue weighted by Crippen LogP contribution is 2.24. The van der Waals surface area contributed by atoms with Crippen molar-refractivity contribution in [2.45, 2.75) is 18.9 Å². The molecule has 0 saturated carbocycles. The van der Waals surface area contributed by atoms with E-state index in [2.05, 4.69) is 15.6 Å². The first-order valence-corrected chi connectivity index (χ1v) is 12.4. The minimum atomic E-state index is -1.20. The number of hydrogen-bond acceptors (Lipinski definition) is 5. The molecule has 0 radical (unpaired) electrons. The smallest absolute Gasteiger partial charge is 0.326 e. The Morgan fingerprint density at radius 2 is 1.53 bits per heavy atom. The van der Waals surface area contributed by atoms with Crippen molar-refractivity contribution in [1.29, 1.82) is 0 Å². The van der Waals surface area contributed by atoms with Crippen molar-refractivity contribution in [1.82, 2.24) is 10.3 Å². The molecule has 0 aliphatic rings. The van der Waals surface area contributed by atoms with Crippen LogP contribution in [0.5, 0.6) is 0 Å². The van der Waals surface area contributed by atoms with Crippen LogP contribution in [0.1, 0.15) is 31.8 Å². The van der Waals surface area contributed by atoms with Crippen LogP contribution in [0.2, 0.25) is 10.0 Å². The van der Waals surface area contributed by atoms with Gasteiger partial charge in [0.05, 0.1) is 15.6 Å². The maximum Gasteiger partial charge on any atom is 0.326 e. The third-order valence-electron chi connectivity index (χ3n) is 5.74. The number of nitrogens with one attached hydrogen (secondary N) is 2. The Hall–Kier alpha value is -4.20. The molecule has 3 N–H and O–H groups in total. The van der Waals surface area contributed by atoms with Crippen LogP contribution >= 0.6 is 23.2 Å². The number of halogens is 2. The maximum absolute atomic E-state index is 12.9. The number of aliphatic carboxylic acids is 1. The van der Waals surface area contributed by atoms with Gasteiger partial charge in [0.1, 0.15) is 11.9 Å². The summed E-state index contributed by atoms with van der Waals surface area (Å²) in [7, 11) is 0. The van der Waals surface area contributed by atoms with Gasteiger partial charge in [-0.1, -0.05) is 71.7 Å². The number of hydrogen-bond donors (Lipinski definition) is 3. The lowest BCUT2D eigenvalue weighted by Crippen LogP contribution is -2.42. The van der Waals surface area contributed by atoms with Gasteiger partial charge in [0.15, 0.2) is 5.78 Å². The molecular formula is C29H23Cl2N3O4. The van der Waals surface area contributed by atoms with E-state index in [0.717, 1.165) is 11.3 Å². The molecule has 7 nitrogen and oxygen atoms in total. The van der Waals surface area contributed by atoms with Gasteiger partial charge < -0.3 is 15.7 Å². The molecule has 1 atom stereocenters. The van der Waals surface area contributed by atoms with Crippen LogP contribution < -0.4 is 10.6 Å². The molecule has 3 aromatic carbocycles. The number of amides is 1. The molecule has 0 bridgehead atoms. The van der Waals surface area contributed by atoms with Crippen LogP contribution in [0.3, 0.4) is 0 Å². The van der Waals surface area contributed by atoms with E-state index in [0.29, 0.717) is 16.9 Å². The molecule has 4 aromatic rings. The number of carbonyl (C=O) groups is 3. The molecule has 1 amide bonds. The molecule has 0 aliphatic heterocycles. The van der Waals surface area contributed by atoms with E-state index in [1.165, 1.54) is 12.1 Å². The van der Waals surface area contributed by atoms with Gasteiger partial charge in [0, 0.05) is 30.3 Å². The fraction of sp³-hybridized carbons (Fsp3) is 0.103. The maximum atomic E-state index is 12.9. The Labute approximate surface area is 229 Å². The number of carboxylic acids is 1. The molecule has 0 aliphatic carbocycles. The summed E-state index contributed by atoms with van der Waals surface area (Å²) in [5.74, 6) is -1.25. The average molecular weight is 548 g/mol. The lowest BCUT2D eigenvalue weighted by atomic mass is 9.99. The van der Waals surface area contributed by atoms with Crippen LogP contribution in [0, 0.1) is 0 Å². The first-order valence-electron chi connectivity index (χ1n) is 11.7. The zero-order valence-corrected chi connectivity index (χ0v) is 21.5. The van der Waals surface area contributed by atoms with Crippen LogP contribution in [0.25, 0.3) is 0 Å². The second kappa shape index (κ2) is 12.4. The highest BCUT2D eigenvalue weighted by molar-refractivity contribution is 6.39. The van der Waals surface area contributed by atoms with Gasteiger partial charge in [-0.2, -0.15) is 0 Å². The second-order valence-electron chi connectivity index (χ2n) is 8.50.